The summed E-state index contributed by atoms with van der Waals surface area (Å²) >= 11 is 5.98. The number of carbonyl (C=O) groups is 1. The molecular formula is C17H22ClNO2. The second-order valence-electron chi connectivity index (χ2n) is 5.76. The van der Waals surface area contributed by atoms with Gasteiger partial charge in [0.05, 0.1) is 6.10 Å². The first-order valence-corrected chi connectivity index (χ1v) is 7.76. The molecule has 0 saturated carbocycles. The largest absolute Gasteiger partial charge is 0.393 e. The highest BCUT2D eigenvalue weighted by molar-refractivity contribution is 6.30. The van der Waals surface area contributed by atoms with E-state index in [0.717, 1.165) is 30.5 Å². The van der Waals surface area contributed by atoms with E-state index < -0.39 is 0 Å². The fourth-order valence-electron chi connectivity index (χ4n) is 2.70. The van der Waals surface area contributed by atoms with Crippen molar-refractivity contribution in [3.63, 3.8) is 0 Å². The normalized spacial score (nSPS) is 21.2. The molecule has 0 bridgehead atoms. The van der Waals surface area contributed by atoms with E-state index in [4.69, 9.17) is 11.6 Å². The van der Waals surface area contributed by atoms with Crippen molar-refractivity contribution in [1.29, 1.82) is 0 Å². The van der Waals surface area contributed by atoms with Crippen molar-refractivity contribution in [2.24, 2.45) is 5.92 Å². The summed E-state index contributed by atoms with van der Waals surface area (Å²) in [6, 6.07) is 7.50. The molecule has 1 aromatic rings. The Bertz CT molecular complexity index is 539. The van der Waals surface area contributed by atoms with Crippen LogP contribution in [-0.4, -0.2) is 35.1 Å². The van der Waals surface area contributed by atoms with Crippen molar-refractivity contribution in [2.75, 3.05) is 13.1 Å². The predicted molar refractivity (Wildman–Crippen MR) is 86.1 cm³/mol. The molecule has 0 aliphatic carbocycles. The lowest BCUT2D eigenvalue weighted by molar-refractivity contribution is -0.128. The van der Waals surface area contributed by atoms with Crippen molar-refractivity contribution in [2.45, 2.75) is 32.8 Å². The molecule has 0 aromatic heterocycles. The molecule has 1 heterocycles. The van der Waals surface area contributed by atoms with Crippen molar-refractivity contribution in [1.82, 2.24) is 4.90 Å². The number of likely N-dealkylation sites (tertiary alicyclic amines) is 1. The van der Waals surface area contributed by atoms with E-state index in [9.17, 15) is 9.90 Å². The average molecular weight is 308 g/mol. The van der Waals surface area contributed by atoms with E-state index in [2.05, 4.69) is 0 Å². The number of nitrogens with zero attached hydrogens (tertiary/aromatic N) is 1. The lowest BCUT2D eigenvalue weighted by Crippen LogP contribution is -2.42. The monoisotopic (exact) mass is 307 g/mol. The summed E-state index contributed by atoms with van der Waals surface area (Å²) in [5.74, 6) is 0.195. The maximum Gasteiger partial charge on any atom is 0.246 e. The van der Waals surface area contributed by atoms with Gasteiger partial charge >= 0.3 is 0 Å². The molecule has 0 spiro atoms. The first kappa shape index (κ1) is 16.1. The molecule has 2 atom stereocenters. The van der Waals surface area contributed by atoms with Crippen molar-refractivity contribution in [3.05, 3.63) is 40.9 Å². The summed E-state index contributed by atoms with van der Waals surface area (Å²) in [7, 11) is 0. The van der Waals surface area contributed by atoms with Crippen molar-refractivity contribution in [3.8, 4) is 0 Å². The topological polar surface area (TPSA) is 40.5 Å². The zero-order valence-corrected chi connectivity index (χ0v) is 13.3. The molecule has 114 valence electrons. The van der Waals surface area contributed by atoms with Gasteiger partial charge in [-0.3, -0.25) is 4.79 Å². The molecule has 1 aromatic carbocycles. The number of allylic oxidation sites excluding steroid dienone is 1. The molecule has 2 unspecified atom stereocenters. The van der Waals surface area contributed by atoms with E-state index >= 15 is 0 Å². The van der Waals surface area contributed by atoms with Crippen LogP contribution in [-0.2, 0) is 4.79 Å². The highest BCUT2D eigenvalue weighted by Gasteiger charge is 2.25. The van der Waals surface area contributed by atoms with Crippen LogP contribution in [0, 0.1) is 5.92 Å². The van der Waals surface area contributed by atoms with Crippen LogP contribution < -0.4 is 0 Å². The molecule has 2 rings (SSSR count). The highest BCUT2D eigenvalue weighted by Crippen LogP contribution is 2.22. The smallest absolute Gasteiger partial charge is 0.246 e. The van der Waals surface area contributed by atoms with Gasteiger partial charge < -0.3 is 10.0 Å². The van der Waals surface area contributed by atoms with Crippen molar-refractivity contribution < 1.29 is 9.90 Å². The Balaban J connectivity index is 2.07. The SMILES string of the molecule is C/C(=C/C(=O)N1CCCC(C(C)O)C1)c1cccc(Cl)c1. The van der Waals surface area contributed by atoms with Gasteiger partial charge in [0.1, 0.15) is 0 Å². The van der Waals surface area contributed by atoms with Gasteiger partial charge in [-0.2, -0.15) is 0 Å². The van der Waals surface area contributed by atoms with Crippen LogP contribution in [0.25, 0.3) is 5.57 Å². The number of aliphatic hydroxyl groups excluding tert-OH is 1. The van der Waals surface area contributed by atoms with Crippen LogP contribution >= 0.6 is 11.6 Å². The number of amides is 1. The number of aliphatic hydroxyl groups is 1. The van der Waals surface area contributed by atoms with Gasteiger partial charge in [0.25, 0.3) is 0 Å². The molecule has 1 aliphatic rings. The van der Waals surface area contributed by atoms with Gasteiger partial charge in [-0.15, -0.1) is 0 Å². The van der Waals surface area contributed by atoms with Gasteiger partial charge in [-0.1, -0.05) is 23.7 Å². The molecule has 4 heteroatoms. The van der Waals surface area contributed by atoms with Crippen LogP contribution in [0.15, 0.2) is 30.3 Å². The van der Waals surface area contributed by atoms with E-state index in [1.807, 2.05) is 36.1 Å². The summed E-state index contributed by atoms with van der Waals surface area (Å²) in [6.45, 7) is 5.11. The quantitative estimate of drug-likeness (QED) is 0.870. The Morgan fingerprint density at radius 1 is 1.52 bits per heavy atom. The number of hydrogen-bond acceptors (Lipinski definition) is 2. The third kappa shape index (κ3) is 4.32. The fourth-order valence-corrected chi connectivity index (χ4v) is 2.89. The Morgan fingerprint density at radius 2 is 2.29 bits per heavy atom. The van der Waals surface area contributed by atoms with E-state index in [-0.39, 0.29) is 17.9 Å². The van der Waals surface area contributed by atoms with Crippen LogP contribution in [0.3, 0.4) is 0 Å². The molecule has 21 heavy (non-hydrogen) atoms. The number of halogens is 1. The Morgan fingerprint density at radius 3 is 2.95 bits per heavy atom. The summed E-state index contributed by atoms with van der Waals surface area (Å²) < 4.78 is 0. The molecular weight excluding hydrogens is 286 g/mol. The first-order chi connectivity index (χ1) is 9.97. The Labute approximate surface area is 131 Å². The Hall–Kier alpha value is -1.32. The molecule has 3 nitrogen and oxygen atoms in total. The zero-order chi connectivity index (χ0) is 15.4. The minimum absolute atomic E-state index is 0.0119. The van der Waals surface area contributed by atoms with Gasteiger partial charge in [0.2, 0.25) is 5.91 Å². The van der Waals surface area contributed by atoms with Gasteiger partial charge in [0, 0.05) is 30.1 Å². The lowest BCUT2D eigenvalue weighted by Gasteiger charge is -2.33. The standard InChI is InChI=1S/C17H22ClNO2/c1-12(14-5-3-7-16(18)10-14)9-17(21)19-8-4-6-15(11-19)13(2)20/h3,5,7,9-10,13,15,20H,4,6,8,11H2,1-2H3/b12-9-. The molecule has 1 saturated heterocycles. The minimum atomic E-state index is -0.362. The van der Waals surface area contributed by atoms with Gasteiger partial charge in [-0.05, 0) is 50.0 Å². The Kier molecular flexibility index (Phi) is 5.43. The maximum absolute atomic E-state index is 12.4. The van der Waals surface area contributed by atoms with E-state index in [1.165, 1.54) is 0 Å². The van der Waals surface area contributed by atoms with Crippen LogP contribution in [0.2, 0.25) is 5.02 Å². The second kappa shape index (κ2) is 7.10. The first-order valence-electron chi connectivity index (χ1n) is 7.38. The average Bonchev–Trinajstić information content (AvgIpc) is 2.47. The van der Waals surface area contributed by atoms with Crippen LogP contribution in [0.1, 0.15) is 32.3 Å². The number of hydrogen-bond donors (Lipinski definition) is 1. The molecule has 1 amide bonds. The number of benzene rings is 1. The maximum atomic E-state index is 12.4. The summed E-state index contributed by atoms with van der Waals surface area (Å²) in [5.41, 5.74) is 1.86. The van der Waals surface area contributed by atoms with Crippen LogP contribution in [0.4, 0.5) is 0 Å². The summed E-state index contributed by atoms with van der Waals surface area (Å²) in [4.78, 5) is 14.2. The van der Waals surface area contributed by atoms with Crippen molar-refractivity contribution >= 4 is 23.1 Å². The van der Waals surface area contributed by atoms with E-state index in [1.54, 1.807) is 13.0 Å². The van der Waals surface area contributed by atoms with Gasteiger partial charge in [-0.25, -0.2) is 0 Å². The molecule has 1 N–H and O–H groups in total. The minimum Gasteiger partial charge on any atom is -0.393 e. The summed E-state index contributed by atoms with van der Waals surface area (Å²) in [6.07, 6.45) is 3.23. The third-order valence-corrected chi connectivity index (χ3v) is 4.31. The second-order valence-corrected chi connectivity index (χ2v) is 6.20. The molecule has 0 radical (unpaired) electrons. The fraction of sp³-hybridized carbons (Fsp3) is 0.471. The van der Waals surface area contributed by atoms with Crippen LogP contribution in [0.5, 0.6) is 0 Å². The number of piperidine rings is 1. The third-order valence-electron chi connectivity index (χ3n) is 4.07. The zero-order valence-electron chi connectivity index (χ0n) is 12.6. The van der Waals surface area contributed by atoms with Gasteiger partial charge in [0.15, 0.2) is 0 Å². The number of rotatable bonds is 3. The molecule has 1 aliphatic heterocycles. The molecule has 1 fully saturated rings. The predicted octanol–water partition coefficient (Wildman–Crippen LogP) is 3.36. The lowest BCUT2D eigenvalue weighted by atomic mass is 9.93. The summed E-state index contributed by atoms with van der Waals surface area (Å²) in [5, 5.41) is 10.4. The number of carbonyl (C=O) groups excluding carboxylic acids is 1. The van der Waals surface area contributed by atoms with E-state index in [0.29, 0.717) is 11.6 Å². The highest BCUT2D eigenvalue weighted by atomic mass is 35.5.